The number of benzene rings is 2. The number of carbonyl (C=O) groups excluding carboxylic acids is 1. The summed E-state index contributed by atoms with van der Waals surface area (Å²) in [6, 6.07) is 19.4. The average molecular weight is 349 g/mol. The van der Waals surface area contributed by atoms with E-state index in [1.807, 2.05) is 43.3 Å². The molecule has 26 heavy (non-hydrogen) atoms. The van der Waals surface area contributed by atoms with Gasteiger partial charge in [0, 0.05) is 12.6 Å². The zero-order valence-corrected chi connectivity index (χ0v) is 14.6. The summed E-state index contributed by atoms with van der Waals surface area (Å²) in [4.78, 5) is 26.7. The number of hydrogen-bond acceptors (Lipinski definition) is 4. The van der Waals surface area contributed by atoms with Crippen LogP contribution < -0.4 is 15.2 Å². The second-order valence-corrected chi connectivity index (χ2v) is 5.57. The molecule has 0 atom stereocenters. The molecule has 3 aromatic rings. The van der Waals surface area contributed by atoms with Gasteiger partial charge in [0.05, 0.1) is 18.4 Å². The third-order valence-corrected chi connectivity index (χ3v) is 3.79. The fourth-order valence-electron chi connectivity index (χ4n) is 2.55. The normalized spacial score (nSPS) is 10.4. The highest BCUT2D eigenvalue weighted by molar-refractivity contribution is 6.10. The van der Waals surface area contributed by atoms with Gasteiger partial charge in [-0.3, -0.25) is 14.5 Å². The van der Waals surface area contributed by atoms with E-state index in [-0.39, 0.29) is 23.0 Å². The predicted octanol–water partition coefficient (Wildman–Crippen LogP) is 3.16. The van der Waals surface area contributed by atoms with Crippen molar-refractivity contribution in [3.05, 3.63) is 82.6 Å². The lowest BCUT2D eigenvalue weighted by molar-refractivity contribution is 0.0997. The maximum absolute atomic E-state index is 13.2. The van der Waals surface area contributed by atoms with Crippen molar-refractivity contribution in [3.8, 4) is 5.75 Å². The molecular weight excluding hydrogens is 330 g/mol. The molecule has 0 saturated carbocycles. The van der Waals surface area contributed by atoms with Gasteiger partial charge in [-0.2, -0.15) is 0 Å². The molecule has 0 bridgehead atoms. The van der Waals surface area contributed by atoms with E-state index in [1.54, 1.807) is 24.3 Å². The van der Waals surface area contributed by atoms with Crippen molar-refractivity contribution in [2.45, 2.75) is 6.92 Å². The van der Waals surface area contributed by atoms with Crippen LogP contribution in [0.2, 0.25) is 0 Å². The highest BCUT2D eigenvalue weighted by Gasteiger charge is 2.25. The molecule has 1 amide bonds. The smallest absolute Gasteiger partial charge is 0.270 e. The minimum absolute atomic E-state index is 0.260. The molecule has 2 aromatic carbocycles. The molecule has 0 saturated heterocycles. The van der Waals surface area contributed by atoms with Gasteiger partial charge in [-0.1, -0.05) is 36.4 Å². The van der Waals surface area contributed by atoms with Crippen molar-refractivity contribution in [3.63, 3.8) is 0 Å². The topological polar surface area (TPSA) is 64.4 Å². The van der Waals surface area contributed by atoms with E-state index < -0.39 is 0 Å². The first-order chi connectivity index (χ1) is 12.6. The summed E-state index contributed by atoms with van der Waals surface area (Å²) in [6.45, 7) is 2.16. The van der Waals surface area contributed by atoms with E-state index in [1.165, 1.54) is 22.7 Å². The Hall–Kier alpha value is -3.41. The Labute approximate surface area is 151 Å². The van der Waals surface area contributed by atoms with Crippen molar-refractivity contribution >= 4 is 17.4 Å². The fourth-order valence-corrected chi connectivity index (χ4v) is 2.55. The Kier molecular flexibility index (Phi) is 5.12. The summed E-state index contributed by atoms with van der Waals surface area (Å²) in [6.07, 6.45) is 0. The van der Waals surface area contributed by atoms with Crippen molar-refractivity contribution in [2.24, 2.45) is 7.05 Å². The lowest BCUT2D eigenvalue weighted by Gasteiger charge is -2.24. The van der Waals surface area contributed by atoms with Gasteiger partial charge in [0.2, 0.25) is 5.82 Å². The number of aryl methyl sites for hydroxylation is 1. The number of amides is 1. The molecule has 0 unspecified atom stereocenters. The number of carbonyl (C=O) groups is 1. The van der Waals surface area contributed by atoms with Gasteiger partial charge in [-0.05, 0) is 31.2 Å². The summed E-state index contributed by atoms with van der Waals surface area (Å²) in [5.74, 6) is 0.279. The maximum atomic E-state index is 13.2. The summed E-state index contributed by atoms with van der Waals surface area (Å²) in [5.41, 5.74) is 0.834. The van der Waals surface area contributed by atoms with Crippen molar-refractivity contribution in [1.29, 1.82) is 0 Å². The third-order valence-electron chi connectivity index (χ3n) is 3.79. The largest absolute Gasteiger partial charge is 0.490 e. The number of ether oxygens (including phenoxy) is 1. The van der Waals surface area contributed by atoms with Gasteiger partial charge in [-0.25, -0.2) is 4.68 Å². The van der Waals surface area contributed by atoms with Crippen LogP contribution in [0.1, 0.15) is 17.3 Å². The van der Waals surface area contributed by atoms with Crippen molar-refractivity contribution in [1.82, 2.24) is 9.78 Å². The molecule has 0 spiro atoms. The van der Waals surface area contributed by atoms with E-state index in [2.05, 4.69) is 5.10 Å². The maximum Gasteiger partial charge on any atom is 0.270 e. The Bertz CT molecular complexity index is 953. The third kappa shape index (κ3) is 3.49. The van der Waals surface area contributed by atoms with E-state index >= 15 is 0 Å². The Morgan fingerprint density at radius 2 is 1.69 bits per heavy atom. The first-order valence-corrected chi connectivity index (χ1v) is 8.27. The quantitative estimate of drug-likeness (QED) is 0.710. The molecule has 0 aliphatic rings. The molecule has 6 nitrogen and oxygen atoms in total. The van der Waals surface area contributed by atoms with Crippen LogP contribution in [0.4, 0.5) is 11.5 Å². The van der Waals surface area contributed by atoms with Crippen LogP contribution in [0.3, 0.4) is 0 Å². The number of nitrogens with zero attached hydrogens (tertiary/aromatic N) is 3. The van der Waals surface area contributed by atoms with E-state index in [0.717, 1.165) is 0 Å². The van der Waals surface area contributed by atoms with E-state index in [9.17, 15) is 9.59 Å². The molecule has 0 N–H and O–H groups in total. The minimum atomic E-state index is -0.308. The zero-order valence-electron chi connectivity index (χ0n) is 14.6. The van der Waals surface area contributed by atoms with Gasteiger partial charge < -0.3 is 4.74 Å². The van der Waals surface area contributed by atoms with Crippen molar-refractivity contribution < 1.29 is 9.53 Å². The number of para-hydroxylation sites is 1. The van der Waals surface area contributed by atoms with Crippen LogP contribution in [0.25, 0.3) is 0 Å². The first-order valence-electron chi connectivity index (χ1n) is 8.27. The van der Waals surface area contributed by atoms with Gasteiger partial charge in [0.1, 0.15) is 0 Å². The standard InChI is InChI=1S/C20H19N3O3/c1-3-26-17-14-18(24)22(2)21-19(17)23(16-12-8-5-9-13-16)20(25)15-10-6-4-7-11-15/h4-14H,3H2,1-2H3. The second kappa shape index (κ2) is 7.65. The van der Waals surface area contributed by atoms with Gasteiger partial charge in [-0.15, -0.1) is 5.10 Å². The van der Waals surface area contributed by atoms with Crippen LogP contribution >= 0.6 is 0 Å². The SMILES string of the molecule is CCOc1cc(=O)n(C)nc1N(C(=O)c1ccccc1)c1ccccc1. The monoisotopic (exact) mass is 349 g/mol. The average Bonchev–Trinajstić information content (AvgIpc) is 2.67. The molecule has 6 heteroatoms. The van der Waals surface area contributed by atoms with Gasteiger partial charge in [0.15, 0.2) is 5.75 Å². The Morgan fingerprint density at radius 1 is 1.08 bits per heavy atom. The van der Waals surface area contributed by atoms with Crippen molar-refractivity contribution in [2.75, 3.05) is 11.5 Å². The molecule has 0 aliphatic heterocycles. The molecular formula is C20H19N3O3. The highest BCUT2D eigenvalue weighted by atomic mass is 16.5. The number of rotatable bonds is 5. The Morgan fingerprint density at radius 3 is 2.31 bits per heavy atom. The van der Waals surface area contributed by atoms with Crippen LogP contribution in [0.5, 0.6) is 5.75 Å². The summed E-state index contributed by atoms with van der Waals surface area (Å²) >= 11 is 0. The van der Waals surface area contributed by atoms with Crippen LogP contribution in [0, 0.1) is 0 Å². The first kappa shape index (κ1) is 17.4. The molecule has 0 fully saturated rings. The van der Waals surface area contributed by atoms with Crippen LogP contribution in [0.15, 0.2) is 71.5 Å². The van der Waals surface area contributed by atoms with E-state index in [4.69, 9.17) is 4.74 Å². The summed E-state index contributed by atoms with van der Waals surface area (Å²) in [5, 5.41) is 4.30. The fraction of sp³-hybridized carbons (Fsp3) is 0.150. The molecule has 3 rings (SSSR count). The number of aromatic nitrogens is 2. The number of hydrogen-bond donors (Lipinski definition) is 0. The van der Waals surface area contributed by atoms with Crippen LogP contribution in [-0.4, -0.2) is 22.3 Å². The summed E-state index contributed by atoms with van der Waals surface area (Å²) in [7, 11) is 1.54. The second-order valence-electron chi connectivity index (χ2n) is 5.57. The minimum Gasteiger partial charge on any atom is -0.490 e. The molecule has 1 aromatic heterocycles. The lowest BCUT2D eigenvalue weighted by Crippen LogP contribution is -2.30. The zero-order chi connectivity index (χ0) is 18.5. The summed E-state index contributed by atoms with van der Waals surface area (Å²) < 4.78 is 6.78. The predicted molar refractivity (Wildman–Crippen MR) is 100 cm³/mol. The molecule has 1 heterocycles. The van der Waals surface area contributed by atoms with Crippen LogP contribution in [-0.2, 0) is 7.05 Å². The number of anilines is 2. The molecule has 0 aliphatic carbocycles. The van der Waals surface area contributed by atoms with Gasteiger partial charge in [0.25, 0.3) is 11.5 Å². The Balaban J connectivity index is 2.21. The molecule has 0 radical (unpaired) electrons. The highest BCUT2D eigenvalue weighted by Crippen LogP contribution is 2.32. The van der Waals surface area contributed by atoms with E-state index in [0.29, 0.717) is 17.9 Å². The molecule has 132 valence electrons. The lowest BCUT2D eigenvalue weighted by atomic mass is 10.1. The van der Waals surface area contributed by atoms with Gasteiger partial charge >= 0.3 is 0 Å².